The standard InChI is InChI=1S/C46H30NO2P/c1-3-15-31(16-4-1)39-29-35-21-7-11-23-37(35)45-43(39)44-40(32-17-5-2-6-18-32)30-36-22-8-12-24-38(36)46(44)49-50(48-45)47-41-25-13-9-19-33(41)27-28-34-20-10-14-26-42(34)47/h1-30H. The maximum Gasteiger partial charge on any atom is 0.346 e. The summed E-state index contributed by atoms with van der Waals surface area (Å²) in [5.41, 5.74) is 10.4. The topological polar surface area (TPSA) is 29.5 Å². The summed E-state index contributed by atoms with van der Waals surface area (Å²) in [5.74, 6) is 0. The second kappa shape index (κ2) is 11.7. The fourth-order valence-corrected chi connectivity index (χ4v) is 9.00. The number of hydrogen-bond acceptors (Lipinski definition) is 3. The molecule has 50 heavy (non-hydrogen) atoms. The van der Waals surface area contributed by atoms with E-state index in [9.17, 15) is 0 Å². The van der Waals surface area contributed by atoms with Crippen LogP contribution in [0.2, 0.25) is 0 Å². The third-order valence-electron chi connectivity index (χ3n) is 9.70. The molecule has 9 aromatic rings. The molecule has 2 heterocycles. The summed E-state index contributed by atoms with van der Waals surface area (Å²) in [4.78, 5) is 0. The first kappa shape index (κ1) is 28.7. The van der Waals surface area contributed by atoms with Crippen molar-refractivity contribution in [3.05, 3.63) is 181 Å². The summed E-state index contributed by atoms with van der Waals surface area (Å²) in [6.07, 6.45) is 4.38. The third kappa shape index (κ3) is 4.59. The first-order chi connectivity index (χ1) is 24.8. The summed E-state index contributed by atoms with van der Waals surface area (Å²) in [5, 5.41) is 6.40. The summed E-state index contributed by atoms with van der Waals surface area (Å²) in [6.45, 7) is 0. The zero-order chi connectivity index (χ0) is 33.0. The first-order valence-electron chi connectivity index (χ1n) is 16.9. The third-order valence-corrected chi connectivity index (χ3v) is 11.1. The van der Waals surface area contributed by atoms with Gasteiger partial charge in [-0.2, -0.15) is 0 Å². The number of hydrogen-bond donors (Lipinski definition) is 0. The molecule has 0 saturated heterocycles. The van der Waals surface area contributed by atoms with Crippen LogP contribution in [0.15, 0.2) is 178 Å². The van der Waals surface area contributed by atoms with Crippen LogP contribution in [0.25, 0.3) is 77.9 Å². The average molecular weight is 660 g/mol. The Hall–Kier alpha value is -6.28. The number of nitrogens with zero attached hydrogens (tertiary/aromatic N) is 1. The fourth-order valence-electron chi connectivity index (χ4n) is 7.39. The Morgan fingerprint density at radius 2 is 0.800 bits per heavy atom. The van der Waals surface area contributed by atoms with E-state index in [2.05, 4.69) is 187 Å². The summed E-state index contributed by atoms with van der Waals surface area (Å²) < 4.78 is 17.3. The zero-order valence-electron chi connectivity index (χ0n) is 27.0. The lowest BCUT2D eigenvalue weighted by Gasteiger charge is -2.23. The van der Waals surface area contributed by atoms with Gasteiger partial charge in [-0.05, 0) is 68.4 Å². The van der Waals surface area contributed by atoms with Crippen molar-refractivity contribution in [2.45, 2.75) is 0 Å². The largest absolute Gasteiger partial charge is 0.403 e. The van der Waals surface area contributed by atoms with Gasteiger partial charge in [-0.15, -0.1) is 0 Å². The molecule has 0 atom stereocenters. The lowest BCUT2D eigenvalue weighted by atomic mass is 9.90. The number of anilines is 2. The Morgan fingerprint density at radius 3 is 1.28 bits per heavy atom. The minimum atomic E-state index is -1.80. The molecule has 8 aromatic carbocycles. The van der Waals surface area contributed by atoms with Crippen molar-refractivity contribution in [2.75, 3.05) is 4.67 Å². The number of benzene rings is 8. The van der Waals surface area contributed by atoms with Crippen LogP contribution >= 0.6 is 8.16 Å². The Kier molecular flexibility index (Phi) is 6.72. The lowest BCUT2D eigenvalue weighted by molar-refractivity contribution is 0.643. The van der Waals surface area contributed by atoms with Crippen LogP contribution in [-0.4, -0.2) is 0 Å². The molecule has 0 radical (unpaired) electrons. The van der Waals surface area contributed by atoms with Crippen molar-refractivity contribution in [1.82, 2.24) is 0 Å². The zero-order valence-corrected chi connectivity index (χ0v) is 27.9. The van der Waals surface area contributed by atoms with Gasteiger partial charge < -0.3 is 8.39 Å². The predicted molar refractivity (Wildman–Crippen MR) is 212 cm³/mol. The molecule has 0 aliphatic carbocycles. The molecule has 3 nitrogen and oxygen atoms in total. The second-order valence-electron chi connectivity index (χ2n) is 12.6. The van der Waals surface area contributed by atoms with E-state index in [1.807, 2.05) is 0 Å². The van der Waals surface area contributed by atoms with Crippen molar-refractivity contribution < 1.29 is 8.39 Å². The first-order valence-corrected chi connectivity index (χ1v) is 18.0. The number of para-hydroxylation sites is 2. The Balaban J connectivity index is 1.49. The minimum Gasteiger partial charge on any atom is -0.403 e. The van der Waals surface area contributed by atoms with Gasteiger partial charge in [0.15, 0.2) is 11.2 Å². The average Bonchev–Trinajstić information content (AvgIpc) is 3.47. The molecule has 236 valence electrons. The van der Waals surface area contributed by atoms with Crippen molar-refractivity contribution in [3.63, 3.8) is 0 Å². The fraction of sp³-hybridized carbons (Fsp3) is 0. The van der Waals surface area contributed by atoms with Gasteiger partial charge >= 0.3 is 8.16 Å². The Morgan fingerprint density at radius 1 is 0.400 bits per heavy atom. The van der Waals surface area contributed by atoms with Crippen LogP contribution in [0.1, 0.15) is 11.1 Å². The molecule has 1 aromatic heterocycles. The van der Waals surface area contributed by atoms with E-state index in [-0.39, 0.29) is 0 Å². The predicted octanol–water partition coefficient (Wildman–Crippen LogP) is 14.0. The second-order valence-corrected chi connectivity index (χ2v) is 13.9. The summed E-state index contributed by atoms with van der Waals surface area (Å²) in [6, 6.07) is 60.1. The van der Waals surface area contributed by atoms with Crippen LogP contribution in [0, 0.1) is 0 Å². The highest BCUT2D eigenvalue weighted by Gasteiger charge is 2.26. The van der Waals surface area contributed by atoms with Gasteiger partial charge in [-0.1, -0.05) is 158 Å². The van der Waals surface area contributed by atoms with Crippen LogP contribution in [-0.2, 0) is 0 Å². The molecule has 4 heteroatoms. The van der Waals surface area contributed by atoms with E-state index < -0.39 is 8.16 Å². The normalized spacial score (nSPS) is 12.3. The molecule has 0 spiro atoms. The van der Waals surface area contributed by atoms with Gasteiger partial charge in [0.2, 0.25) is 0 Å². The maximum atomic E-state index is 7.50. The van der Waals surface area contributed by atoms with E-state index in [4.69, 9.17) is 8.39 Å². The molecule has 1 aliphatic rings. The van der Waals surface area contributed by atoms with Gasteiger partial charge in [0.05, 0.1) is 11.4 Å². The van der Waals surface area contributed by atoms with Crippen molar-refractivity contribution in [2.24, 2.45) is 0 Å². The molecule has 0 bridgehead atoms. The van der Waals surface area contributed by atoms with Crippen molar-refractivity contribution >= 4 is 75.2 Å². The molecule has 10 rings (SSSR count). The van der Waals surface area contributed by atoms with Gasteiger partial charge in [0.1, 0.15) is 0 Å². The van der Waals surface area contributed by atoms with Gasteiger partial charge in [0, 0.05) is 21.5 Å². The molecule has 0 fully saturated rings. The maximum absolute atomic E-state index is 7.50. The quantitative estimate of drug-likeness (QED) is 0.189. The highest BCUT2D eigenvalue weighted by molar-refractivity contribution is 7.40. The van der Waals surface area contributed by atoms with Gasteiger partial charge in [-0.3, -0.25) is 0 Å². The molecule has 0 saturated carbocycles. The van der Waals surface area contributed by atoms with E-state index >= 15 is 0 Å². The minimum absolute atomic E-state index is 0.825. The smallest absolute Gasteiger partial charge is 0.346 e. The highest BCUT2D eigenvalue weighted by atomic mass is 31.1. The van der Waals surface area contributed by atoms with E-state index in [1.165, 1.54) is 0 Å². The van der Waals surface area contributed by atoms with Crippen LogP contribution in [0.4, 0.5) is 11.4 Å². The van der Waals surface area contributed by atoms with Crippen molar-refractivity contribution in [1.29, 1.82) is 0 Å². The van der Waals surface area contributed by atoms with Crippen LogP contribution in [0.3, 0.4) is 0 Å². The van der Waals surface area contributed by atoms with Gasteiger partial charge in [-0.25, -0.2) is 4.67 Å². The van der Waals surface area contributed by atoms with Crippen LogP contribution in [0.5, 0.6) is 0 Å². The molecule has 0 amide bonds. The Bertz CT molecular complexity index is 2630. The van der Waals surface area contributed by atoms with E-state index in [0.29, 0.717) is 0 Å². The highest BCUT2D eigenvalue weighted by Crippen LogP contribution is 2.53. The van der Waals surface area contributed by atoms with Gasteiger partial charge in [0.25, 0.3) is 0 Å². The number of fused-ring (bicyclic) bond motifs is 9. The lowest BCUT2D eigenvalue weighted by Crippen LogP contribution is -2.07. The number of rotatable bonds is 3. The SMILES string of the molecule is C1=Cc2ccccc2N(p2oc3c4ccccc4cc(-c4ccccc4)c3c3c(-c4ccccc4)cc4ccccc4c3o2)c2ccccc21. The van der Waals surface area contributed by atoms with E-state index in [0.717, 1.165) is 88.2 Å². The summed E-state index contributed by atoms with van der Waals surface area (Å²) in [7, 11) is -1.80. The van der Waals surface area contributed by atoms with E-state index in [1.54, 1.807) is 0 Å². The van der Waals surface area contributed by atoms with Crippen molar-refractivity contribution in [3.8, 4) is 22.3 Å². The van der Waals surface area contributed by atoms with Crippen LogP contribution < -0.4 is 4.67 Å². The summed E-state index contributed by atoms with van der Waals surface area (Å²) >= 11 is 0. The molecular formula is C46H30NO2P. The Labute approximate surface area is 290 Å². The molecule has 1 aliphatic heterocycles. The molecule has 0 N–H and O–H groups in total. The molecular weight excluding hydrogens is 629 g/mol. The monoisotopic (exact) mass is 659 g/mol. The molecule has 0 unspecified atom stereocenters.